The topological polar surface area (TPSA) is 73.6 Å². The summed E-state index contributed by atoms with van der Waals surface area (Å²) in [6.07, 6.45) is 2.78. The van der Waals surface area contributed by atoms with E-state index >= 15 is 0 Å². The number of para-hydroxylation sites is 3. The minimum atomic E-state index is -0.378. The normalized spacial score (nSPS) is 14.2. The molecule has 3 aromatic carbocycles. The molecule has 8 heteroatoms. The average molecular weight is 534 g/mol. The number of hydrogen-bond acceptors (Lipinski definition) is 4. The van der Waals surface area contributed by atoms with Gasteiger partial charge in [-0.25, -0.2) is 9.48 Å². The predicted octanol–water partition coefficient (Wildman–Crippen LogP) is 6.38. The largest absolute Gasteiger partial charge is 0.497 e. The van der Waals surface area contributed by atoms with Gasteiger partial charge in [0.05, 0.1) is 49.6 Å². The van der Waals surface area contributed by atoms with E-state index in [0.717, 1.165) is 46.2 Å². The van der Waals surface area contributed by atoms with E-state index in [0.29, 0.717) is 18.0 Å². The van der Waals surface area contributed by atoms with E-state index in [1.165, 1.54) is 0 Å². The molecule has 0 aliphatic carbocycles. The Kier molecular flexibility index (Phi) is 6.74. The van der Waals surface area contributed by atoms with Crippen LogP contribution < -0.4 is 14.8 Å². The maximum absolute atomic E-state index is 14.2. The summed E-state index contributed by atoms with van der Waals surface area (Å²) in [7, 11) is 3.25. The number of nitrogens with zero attached hydrogens (tertiary/aromatic N) is 4. The van der Waals surface area contributed by atoms with Gasteiger partial charge in [-0.3, -0.25) is 0 Å². The molecule has 0 saturated carbocycles. The first-order chi connectivity index (χ1) is 19.6. The molecule has 1 atom stereocenters. The second kappa shape index (κ2) is 10.6. The third-order valence-electron chi connectivity index (χ3n) is 7.34. The fraction of sp³-hybridized carbons (Fsp3) is 0.188. The van der Waals surface area contributed by atoms with E-state index in [2.05, 4.69) is 22.9 Å². The van der Waals surface area contributed by atoms with Crippen LogP contribution in [-0.4, -0.2) is 39.5 Å². The number of methoxy groups -OCH3 is 2. The molecule has 0 spiro atoms. The number of aryl methyl sites for hydroxylation is 1. The summed E-state index contributed by atoms with van der Waals surface area (Å²) < 4.78 is 15.1. The number of amides is 2. The molecule has 0 fully saturated rings. The minimum Gasteiger partial charge on any atom is -0.497 e. The summed E-state index contributed by atoms with van der Waals surface area (Å²) in [5.41, 5.74) is 5.46. The molecular formula is C32H31N5O3. The monoisotopic (exact) mass is 533 g/mol. The number of nitrogens with one attached hydrogen (secondary N) is 1. The van der Waals surface area contributed by atoms with Crippen molar-refractivity contribution in [2.45, 2.75) is 25.9 Å². The molecule has 1 aliphatic rings. The third kappa shape index (κ3) is 4.37. The quantitative estimate of drug-likeness (QED) is 0.275. The number of fused-ring (bicyclic) bond motifs is 3. The maximum atomic E-state index is 14.2. The van der Waals surface area contributed by atoms with Crippen molar-refractivity contribution in [2.75, 3.05) is 19.5 Å². The molecule has 40 heavy (non-hydrogen) atoms. The first kappa shape index (κ1) is 25.3. The van der Waals surface area contributed by atoms with Crippen molar-refractivity contribution in [3.05, 3.63) is 120 Å². The van der Waals surface area contributed by atoms with E-state index in [1.54, 1.807) is 14.2 Å². The highest BCUT2D eigenvalue weighted by atomic mass is 16.5. The lowest BCUT2D eigenvalue weighted by atomic mass is 10.0. The Hall–Kier alpha value is -4.98. The smallest absolute Gasteiger partial charge is 0.323 e. The summed E-state index contributed by atoms with van der Waals surface area (Å²) in [5, 5.41) is 8.14. The molecule has 2 aromatic heterocycles. The van der Waals surface area contributed by atoms with Crippen LogP contribution in [-0.2, 0) is 13.0 Å². The zero-order valence-electron chi connectivity index (χ0n) is 22.7. The molecule has 1 aliphatic heterocycles. The van der Waals surface area contributed by atoms with Crippen LogP contribution in [0.5, 0.6) is 11.5 Å². The molecule has 6 rings (SSSR count). The van der Waals surface area contributed by atoms with Crippen LogP contribution in [0.4, 0.5) is 10.5 Å². The van der Waals surface area contributed by atoms with Crippen molar-refractivity contribution in [3.63, 3.8) is 0 Å². The molecule has 3 heterocycles. The average Bonchev–Trinajstić information content (AvgIpc) is 3.59. The zero-order chi connectivity index (χ0) is 27.6. The van der Waals surface area contributed by atoms with Gasteiger partial charge < -0.3 is 24.3 Å². The van der Waals surface area contributed by atoms with E-state index in [9.17, 15) is 4.79 Å². The lowest BCUT2D eigenvalue weighted by Crippen LogP contribution is -2.38. The van der Waals surface area contributed by atoms with E-state index in [4.69, 9.17) is 14.6 Å². The Morgan fingerprint density at radius 1 is 0.925 bits per heavy atom. The summed E-state index contributed by atoms with van der Waals surface area (Å²) in [4.78, 5) is 16.1. The summed E-state index contributed by atoms with van der Waals surface area (Å²) >= 11 is 0. The Labute approximate surface area is 233 Å². The van der Waals surface area contributed by atoms with Gasteiger partial charge in [0.2, 0.25) is 0 Å². The summed E-state index contributed by atoms with van der Waals surface area (Å²) in [5.74, 6) is 2.30. The van der Waals surface area contributed by atoms with Crippen molar-refractivity contribution in [1.29, 1.82) is 0 Å². The van der Waals surface area contributed by atoms with Crippen molar-refractivity contribution in [2.24, 2.45) is 0 Å². The third-order valence-corrected chi connectivity index (χ3v) is 7.34. The number of ether oxygens (including phenoxy) is 2. The zero-order valence-corrected chi connectivity index (χ0v) is 22.7. The molecule has 5 aromatic rings. The molecule has 8 nitrogen and oxygen atoms in total. The van der Waals surface area contributed by atoms with E-state index in [-0.39, 0.29) is 12.1 Å². The molecule has 1 N–H and O–H groups in total. The van der Waals surface area contributed by atoms with Crippen LogP contribution in [0.2, 0.25) is 0 Å². The first-order valence-corrected chi connectivity index (χ1v) is 13.3. The standard InChI is InChI=1S/C32H31N5O3/c1-4-26-25-21-36(32(38)33-27-13-8-9-15-29(27)40-3)30(22-16-18-24(39-2)19-17-22)28-14-10-20-35(28)31(25)37(34-26)23-11-6-5-7-12-23/h5-20,30H,4,21H2,1-3H3,(H,33,38)/t30-/m1/s1. The lowest BCUT2D eigenvalue weighted by molar-refractivity contribution is 0.194. The van der Waals surface area contributed by atoms with E-state index < -0.39 is 0 Å². The second-order valence-electron chi connectivity index (χ2n) is 9.59. The number of urea groups is 1. The van der Waals surface area contributed by atoms with Crippen LogP contribution in [0.25, 0.3) is 11.5 Å². The summed E-state index contributed by atoms with van der Waals surface area (Å²) in [6.45, 7) is 2.46. The van der Waals surface area contributed by atoms with Gasteiger partial charge >= 0.3 is 6.03 Å². The first-order valence-electron chi connectivity index (χ1n) is 13.3. The SMILES string of the molecule is CCc1nn(-c2ccccc2)c2c1CN(C(=O)Nc1ccccc1OC)[C@H](c1ccc(OC)cc1)c1cccn1-2. The molecule has 0 radical (unpaired) electrons. The maximum Gasteiger partial charge on any atom is 0.323 e. The van der Waals surface area contributed by atoms with Crippen molar-refractivity contribution in [1.82, 2.24) is 19.2 Å². The fourth-order valence-electron chi connectivity index (χ4n) is 5.42. The van der Waals surface area contributed by atoms with Crippen molar-refractivity contribution in [3.8, 4) is 23.0 Å². The number of anilines is 1. The van der Waals surface area contributed by atoms with Crippen LogP contribution in [0.1, 0.15) is 35.5 Å². The number of benzene rings is 3. The highest BCUT2D eigenvalue weighted by Crippen LogP contribution is 2.39. The van der Waals surface area contributed by atoms with Crippen molar-refractivity contribution >= 4 is 11.7 Å². The van der Waals surface area contributed by atoms with Gasteiger partial charge in [-0.05, 0) is 60.5 Å². The van der Waals surface area contributed by atoms with Crippen LogP contribution in [0.15, 0.2) is 97.2 Å². The number of rotatable bonds is 6. The van der Waals surface area contributed by atoms with Crippen molar-refractivity contribution < 1.29 is 14.3 Å². The molecule has 0 unspecified atom stereocenters. The number of carbonyl (C=O) groups is 1. The lowest BCUT2D eigenvalue weighted by Gasteiger charge is -2.31. The number of carbonyl (C=O) groups excluding carboxylic acids is 1. The summed E-state index contributed by atoms with van der Waals surface area (Å²) in [6, 6.07) is 28.9. The van der Waals surface area contributed by atoms with E-state index in [1.807, 2.05) is 101 Å². The van der Waals surface area contributed by atoms with Gasteiger partial charge in [-0.1, -0.05) is 49.4 Å². The second-order valence-corrected chi connectivity index (χ2v) is 9.59. The van der Waals surface area contributed by atoms with Crippen LogP contribution in [0, 0.1) is 0 Å². The minimum absolute atomic E-state index is 0.236. The van der Waals surface area contributed by atoms with Gasteiger partial charge in [0.25, 0.3) is 0 Å². The van der Waals surface area contributed by atoms with Gasteiger partial charge in [0.1, 0.15) is 17.3 Å². The van der Waals surface area contributed by atoms with Crippen LogP contribution in [0.3, 0.4) is 0 Å². The molecule has 0 bridgehead atoms. The van der Waals surface area contributed by atoms with Gasteiger partial charge in [0, 0.05) is 11.8 Å². The number of hydrogen-bond donors (Lipinski definition) is 1. The molecule has 2 amide bonds. The Bertz CT molecular complexity index is 1640. The molecule has 202 valence electrons. The Balaban J connectivity index is 1.54. The molecular weight excluding hydrogens is 502 g/mol. The molecule has 0 saturated heterocycles. The number of aromatic nitrogens is 3. The highest BCUT2D eigenvalue weighted by Gasteiger charge is 2.36. The Morgan fingerprint density at radius 2 is 1.68 bits per heavy atom. The fourth-order valence-corrected chi connectivity index (χ4v) is 5.42. The highest BCUT2D eigenvalue weighted by molar-refractivity contribution is 5.91. The van der Waals surface area contributed by atoms with Gasteiger partial charge in [-0.2, -0.15) is 5.10 Å². The Morgan fingerprint density at radius 3 is 2.40 bits per heavy atom. The van der Waals surface area contributed by atoms with Gasteiger partial charge in [-0.15, -0.1) is 0 Å². The van der Waals surface area contributed by atoms with Gasteiger partial charge in [0.15, 0.2) is 0 Å². The van der Waals surface area contributed by atoms with Crippen LogP contribution >= 0.6 is 0 Å². The predicted molar refractivity (Wildman–Crippen MR) is 155 cm³/mol.